The lowest BCUT2D eigenvalue weighted by molar-refractivity contribution is 0.0955. The number of hydrogen-bond acceptors (Lipinski definition) is 5. The largest absolute Gasteiger partial charge is 0.398 e. The van der Waals surface area contributed by atoms with Crippen molar-refractivity contribution in [2.75, 3.05) is 5.73 Å². The molecule has 0 atom stereocenters. The highest BCUT2D eigenvalue weighted by molar-refractivity contribution is 7.07. The van der Waals surface area contributed by atoms with E-state index in [4.69, 9.17) is 5.73 Å². The molecule has 0 saturated heterocycles. The molecule has 1 aromatic heterocycles. The highest BCUT2D eigenvalue weighted by Crippen LogP contribution is 2.10. The number of hydrogen-bond donors (Lipinski definition) is 2. The number of benzene rings is 1. The average molecular weight is 234 g/mol. The van der Waals surface area contributed by atoms with Crippen molar-refractivity contribution in [3.05, 3.63) is 40.9 Å². The monoisotopic (exact) mass is 234 g/mol. The van der Waals surface area contributed by atoms with Crippen molar-refractivity contribution in [1.82, 2.24) is 14.9 Å². The van der Waals surface area contributed by atoms with Crippen LogP contribution < -0.4 is 11.1 Å². The van der Waals surface area contributed by atoms with Gasteiger partial charge >= 0.3 is 0 Å². The molecule has 0 aliphatic rings. The molecule has 82 valence electrons. The van der Waals surface area contributed by atoms with Crippen molar-refractivity contribution in [3.63, 3.8) is 0 Å². The number of carbonyl (C=O) groups is 1. The van der Waals surface area contributed by atoms with Crippen LogP contribution in [0.2, 0.25) is 0 Å². The molecule has 0 fully saturated rings. The summed E-state index contributed by atoms with van der Waals surface area (Å²) in [4.78, 5) is 12.1. The van der Waals surface area contributed by atoms with Crippen LogP contribution in [0, 0.1) is 0 Å². The average Bonchev–Trinajstić information content (AvgIpc) is 2.81. The lowest BCUT2D eigenvalue weighted by atomic mass is 10.2. The molecule has 2 rings (SSSR count). The fourth-order valence-corrected chi connectivity index (χ4v) is 1.66. The van der Waals surface area contributed by atoms with Gasteiger partial charge in [0.1, 0.15) is 4.88 Å². The smallest absolute Gasteiger partial charge is 0.264 e. The van der Waals surface area contributed by atoms with Crippen molar-refractivity contribution in [2.24, 2.45) is 0 Å². The molecule has 16 heavy (non-hydrogen) atoms. The fourth-order valence-electron chi connectivity index (χ4n) is 1.23. The van der Waals surface area contributed by atoms with E-state index in [9.17, 15) is 4.79 Å². The van der Waals surface area contributed by atoms with Crippen molar-refractivity contribution >= 4 is 23.1 Å². The molecule has 3 N–H and O–H groups in total. The first-order valence-electron chi connectivity index (χ1n) is 4.66. The first kappa shape index (κ1) is 10.6. The van der Waals surface area contributed by atoms with Crippen LogP contribution in [0.1, 0.15) is 15.2 Å². The number of para-hydroxylation sites is 1. The molecule has 0 bridgehead atoms. The summed E-state index contributed by atoms with van der Waals surface area (Å²) in [6.07, 6.45) is 1.44. The van der Waals surface area contributed by atoms with Crippen molar-refractivity contribution in [1.29, 1.82) is 0 Å². The topological polar surface area (TPSA) is 80.9 Å². The number of carbonyl (C=O) groups excluding carboxylic acids is 1. The Morgan fingerprint density at radius 1 is 1.44 bits per heavy atom. The zero-order chi connectivity index (χ0) is 11.4. The Kier molecular flexibility index (Phi) is 3.11. The maximum Gasteiger partial charge on any atom is 0.264 e. The van der Waals surface area contributed by atoms with Crippen LogP contribution in [0.4, 0.5) is 5.69 Å². The van der Waals surface area contributed by atoms with E-state index in [2.05, 4.69) is 14.9 Å². The minimum Gasteiger partial charge on any atom is -0.398 e. The highest BCUT2D eigenvalue weighted by atomic mass is 32.1. The van der Waals surface area contributed by atoms with Gasteiger partial charge in [-0.25, -0.2) is 0 Å². The van der Waals surface area contributed by atoms with Gasteiger partial charge in [-0.15, -0.1) is 5.10 Å². The van der Waals surface area contributed by atoms with Gasteiger partial charge < -0.3 is 11.1 Å². The Hall–Kier alpha value is -1.95. The van der Waals surface area contributed by atoms with E-state index in [1.807, 2.05) is 18.2 Å². The van der Waals surface area contributed by atoms with E-state index in [1.165, 1.54) is 6.20 Å². The first-order valence-corrected chi connectivity index (χ1v) is 5.43. The van der Waals surface area contributed by atoms with Crippen LogP contribution in [0.25, 0.3) is 0 Å². The normalized spacial score (nSPS) is 10.0. The maximum atomic E-state index is 11.6. The molecule has 0 unspecified atom stereocenters. The fraction of sp³-hybridized carbons (Fsp3) is 0.100. The molecule has 1 amide bonds. The minimum atomic E-state index is -0.182. The number of rotatable bonds is 3. The summed E-state index contributed by atoms with van der Waals surface area (Å²) in [7, 11) is 0. The number of nitrogens with zero attached hydrogens (tertiary/aromatic N) is 2. The molecule has 0 radical (unpaired) electrons. The van der Waals surface area contributed by atoms with Gasteiger partial charge in [0.05, 0.1) is 6.20 Å². The molecule has 0 aliphatic carbocycles. The van der Waals surface area contributed by atoms with Gasteiger partial charge in [-0.1, -0.05) is 22.7 Å². The standard InChI is InChI=1S/C10H10N4OS/c11-8-4-2-1-3-7(8)5-12-10(15)9-6-13-14-16-9/h1-4,6H,5,11H2,(H,12,15). The molecule has 0 saturated carbocycles. The second kappa shape index (κ2) is 4.71. The Morgan fingerprint density at radius 2 is 2.25 bits per heavy atom. The van der Waals surface area contributed by atoms with Gasteiger partial charge in [0.15, 0.2) is 0 Å². The number of nitrogens with one attached hydrogen (secondary N) is 1. The maximum absolute atomic E-state index is 11.6. The summed E-state index contributed by atoms with van der Waals surface area (Å²) in [5.41, 5.74) is 7.32. The number of anilines is 1. The van der Waals surface area contributed by atoms with E-state index < -0.39 is 0 Å². The Morgan fingerprint density at radius 3 is 2.94 bits per heavy atom. The predicted octanol–water partition coefficient (Wildman–Crippen LogP) is 1.05. The van der Waals surface area contributed by atoms with Gasteiger partial charge in [0, 0.05) is 12.2 Å². The third-order valence-electron chi connectivity index (χ3n) is 2.08. The van der Waals surface area contributed by atoms with Crippen molar-refractivity contribution in [2.45, 2.75) is 6.54 Å². The zero-order valence-electron chi connectivity index (χ0n) is 8.38. The Labute approximate surface area is 96.5 Å². The zero-order valence-corrected chi connectivity index (χ0v) is 9.20. The Bertz CT molecular complexity index is 483. The third-order valence-corrected chi connectivity index (χ3v) is 2.74. The predicted molar refractivity (Wildman–Crippen MR) is 61.9 cm³/mol. The number of aromatic nitrogens is 2. The van der Waals surface area contributed by atoms with Crippen LogP contribution in [0.15, 0.2) is 30.5 Å². The molecule has 1 aromatic carbocycles. The van der Waals surface area contributed by atoms with E-state index >= 15 is 0 Å². The summed E-state index contributed by atoms with van der Waals surface area (Å²) in [5.74, 6) is -0.182. The molecular weight excluding hydrogens is 224 g/mol. The van der Waals surface area contributed by atoms with E-state index in [0.29, 0.717) is 17.1 Å². The summed E-state index contributed by atoms with van der Waals surface area (Å²) < 4.78 is 3.62. The van der Waals surface area contributed by atoms with Crippen LogP contribution in [0.5, 0.6) is 0 Å². The SMILES string of the molecule is Nc1ccccc1CNC(=O)c1cnns1. The molecular formula is C10H10N4OS. The van der Waals surface area contributed by atoms with Crippen molar-refractivity contribution in [3.8, 4) is 0 Å². The van der Waals surface area contributed by atoms with E-state index in [0.717, 1.165) is 17.1 Å². The van der Waals surface area contributed by atoms with Crippen LogP contribution in [-0.2, 0) is 6.54 Å². The van der Waals surface area contributed by atoms with Gasteiger partial charge in [0.2, 0.25) is 0 Å². The summed E-state index contributed by atoms with van der Waals surface area (Å²) in [6, 6.07) is 7.41. The highest BCUT2D eigenvalue weighted by Gasteiger charge is 2.08. The van der Waals surface area contributed by atoms with E-state index in [1.54, 1.807) is 6.07 Å². The third kappa shape index (κ3) is 2.34. The lowest BCUT2D eigenvalue weighted by Crippen LogP contribution is -2.22. The minimum absolute atomic E-state index is 0.182. The van der Waals surface area contributed by atoms with Crippen molar-refractivity contribution < 1.29 is 4.79 Å². The van der Waals surface area contributed by atoms with Gasteiger partial charge in [-0.2, -0.15) is 0 Å². The van der Waals surface area contributed by atoms with Crippen LogP contribution >= 0.6 is 11.5 Å². The van der Waals surface area contributed by atoms with Gasteiger partial charge in [0.25, 0.3) is 5.91 Å². The van der Waals surface area contributed by atoms with Gasteiger partial charge in [-0.05, 0) is 23.2 Å². The van der Waals surface area contributed by atoms with Crippen LogP contribution in [-0.4, -0.2) is 15.5 Å². The second-order valence-corrected chi connectivity index (χ2v) is 3.95. The quantitative estimate of drug-likeness (QED) is 0.778. The molecule has 5 nitrogen and oxygen atoms in total. The molecule has 1 heterocycles. The summed E-state index contributed by atoms with van der Waals surface area (Å²) in [5, 5.41) is 6.35. The molecule has 2 aromatic rings. The summed E-state index contributed by atoms with van der Waals surface area (Å²) in [6.45, 7) is 0.406. The molecule has 0 aliphatic heterocycles. The summed E-state index contributed by atoms with van der Waals surface area (Å²) >= 11 is 1.07. The van der Waals surface area contributed by atoms with Gasteiger partial charge in [-0.3, -0.25) is 4.79 Å². The molecule has 0 spiro atoms. The Balaban J connectivity index is 1.98. The van der Waals surface area contributed by atoms with E-state index in [-0.39, 0.29) is 5.91 Å². The van der Waals surface area contributed by atoms with Crippen LogP contribution in [0.3, 0.4) is 0 Å². The molecule has 6 heteroatoms. The lowest BCUT2D eigenvalue weighted by Gasteiger charge is -2.05. The number of nitrogens with two attached hydrogens (primary N) is 1. The number of nitrogen functional groups attached to an aromatic ring is 1. The number of amides is 1. The second-order valence-electron chi connectivity index (χ2n) is 3.16. The first-order chi connectivity index (χ1) is 7.77.